The summed E-state index contributed by atoms with van der Waals surface area (Å²) in [4.78, 5) is 12.6. The lowest BCUT2D eigenvalue weighted by molar-refractivity contribution is -0.157. The minimum absolute atomic E-state index is 0.0109. The average molecular weight is 410 g/mol. The number of benzene rings is 1. The molecule has 0 heterocycles. The molecule has 0 spiro atoms. The van der Waals surface area contributed by atoms with E-state index in [4.69, 9.17) is 10.00 Å². The van der Waals surface area contributed by atoms with Crippen molar-refractivity contribution in [1.82, 2.24) is 0 Å². The molecule has 0 atom stereocenters. The lowest BCUT2D eigenvalue weighted by Crippen LogP contribution is -2.29. The minimum atomic E-state index is -0.199. The van der Waals surface area contributed by atoms with Crippen molar-refractivity contribution in [3.05, 3.63) is 60.0 Å². The van der Waals surface area contributed by atoms with Gasteiger partial charge in [0.05, 0.1) is 12.0 Å². The molecule has 160 valence electrons. The number of hydrogen-bond acceptors (Lipinski definition) is 3. The third kappa shape index (κ3) is 6.83. The van der Waals surface area contributed by atoms with Gasteiger partial charge in [-0.2, -0.15) is 5.26 Å². The lowest BCUT2D eigenvalue weighted by Gasteiger charge is -2.31. The normalized spacial score (nSPS) is 27.2. The monoisotopic (exact) mass is 409 g/mol. The maximum Gasteiger partial charge on any atom is 0.309 e. The number of ether oxygens (including phenoxy) is 1. The Labute approximate surface area is 179 Å². The van der Waals surface area contributed by atoms with Gasteiger partial charge in [0.1, 0.15) is 11.9 Å². The van der Waals surface area contributed by atoms with Gasteiger partial charge < -0.3 is 4.74 Å². The molecule has 0 bridgehead atoms. The molecular formula is C26H32FNO2. The second kappa shape index (κ2) is 11.7. The van der Waals surface area contributed by atoms with Crippen LogP contribution >= 0.6 is 0 Å². The van der Waals surface area contributed by atoms with Crippen LogP contribution < -0.4 is 0 Å². The maximum absolute atomic E-state index is 13.1. The third-order valence-electron chi connectivity index (χ3n) is 6.64. The van der Waals surface area contributed by atoms with Crippen molar-refractivity contribution in [1.29, 1.82) is 5.26 Å². The minimum Gasteiger partial charge on any atom is -0.462 e. The molecule has 0 saturated heterocycles. The first-order chi connectivity index (χ1) is 14.7. The predicted octanol–water partition coefficient (Wildman–Crippen LogP) is 6.62. The van der Waals surface area contributed by atoms with Crippen molar-refractivity contribution in [3.63, 3.8) is 0 Å². The molecule has 3 nitrogen and oxygen atoms in total. The molecule has 2 aliphatic rings. The van der Waals surface area contributed by atoms with Crippen LogP contribution in [0.15, 0.2) is 48.6 Å². The van der Waals surface area contributed by atoms with Gasteiger partial charge in [-0.05, 0) is 93.7 Å². The van der Waals surface area contributed by atoms with Crippen LogP contribution in [0.1, 0.15) is 75.7 Å². The van der Waals surface area contributed by atoms with Crippen molar-refractivity contribution < 1.29 is 13.9 Å². The second-order valence-corrected chi connectivity index (χ2v) is 8.67. The number of carbonyl (C=O) groups excluding carboxylic acids is 1. The summed E-state index contributed by atoms with van der Waals surface area (Å²) in [5.74, 6) is 0.939. The highest BCUT2D eigenvalue weighted by Gasteiger charge is 2.31. The maximum atomic E-state index is 13.1. The highest BCUT2D eigenvalue weighted by Crippen LogP contribution is 2.37. The topological polar surface area (TPSA) is 50.1 Å². The molecule has 2 aliphatic carbocycles. The zero-order valence-corrected chi connectivity index (χ0v) is 17.6. The fraction of sp³-hybridized carbons (Fsp3) is 0.538. The fourth-order valence-electron chi connectivity index (χ4n) is 4.80. The first kappa shape index (κ1) is 22.3. The third-order valence-corrected chi connectivity index (χ3v) is 6.64. The summed E-state index contributed by atoms with van der Waals surface area (Å²) in [6.07, 6.45) is 17.4. The Morgan fingerprint density at radius 3 is 2.40 bits per heavy atom. The molecule has 0 unspecified atom stereocenters. The van der Waals surface area contributed by atoms with Gasteiger partial charge >= 0.3 is 5.97 Å². The van der Waals surface area contributed by atoms with Crippen molar-refractivity contribution in [3.8, 4) is 6.07 Å². The molecule has 0 aromatic heterocycles. The zero-order valence-electron chi connectivity index (χ0n) is 17.6. The van der Waals surface area contributed by atoms with Gasteiger partial charge in [0.15, 0.2) is 0 Å². The van der Waals surface area contributed by atoms with Crippen molar-refractivity contribution in [2.24, 2.45) is 11.8 Å². The van der Waals surface area contributed by atoms with E-state index in [1.807, 2.05) is 24.3 Å². The summed E-state index contributed by atoms with van der Waals surface area (Å²) in [6, 6.07) is 8.76. The average Bonchev–Trinajstić information content (AvgIpc) is 2.78. The van der Waals surface area contributed by atoms with E-state index < -0.39 is 0 Å². The number of rotatable bonds is 7. The van der Waals surface area contributed by atoms with Crippen molar-refractivity contribution in [2.45, 2.75) is 76.2 Å². The van der Waals surface area contributed by atoms with E-state index in [1.54, 1.807) is 6.08 Å². The number of hydrogen-bond donors (Lipinski definition) is 0. The van der Waals surface area contributed by atoms with Gasteiger partial charge in [0, 0.05) is 6.08 Å². The fourth-order valence-corrected chi connectivity index (χ4v) is 4.80. The summed E-state index contributed by atoms with van der Waals surface area (Å²) in [7, 11) is 0. The molecule has 30 heavy (non-hydrogen) atoms. The molecule has 0 amide bonds. The Morgan fingerprint density at radius 1 is 1.03 bits per heavy atom. The molecule has 0 aliphatic heterocycles. The van der Waals surface area contributed by atoms with Gasteiger partial charge in [-0.15, -0.1) is 0 Å². The predicted molar refractivity (Wildman–Crippen MR) is 116 cm³/mol. The first-order valence-corrected chi connectivity index (χ1v) is 11.3. The number of esters is 1. The zero-order chi connectivity index (χ0) is 21.2. The summed E-state index contributed by atoms with van der Waals surface area (Å²) in [5.41, 5.74) is 1.18. The highest BCUT2D eigenvalue weighted by atomic mass is 19.1. The Hall–Kier alpha value is -2.41. The number of nitrogens with zero attached hydrogens (tertiary/aromatic N) is 1. The number of carbonyl (C=O) groups is 1. The molecule has 0 N–H and O–H groups in total. The summed E-state index contributed by atoms with van der Waals surface area (Å²) in [6.45, 7) is 0. The molecule has 2 fully saturated rings. The van der Waals surface area contributed by atoms with Crippen LogP contribution in [0, 0.1) is 29.0 Å². The van der Waals surface area contributed by atoms with Crippen LogP contribution in [0.3, 0.4) is 0 Å². The van der Waals surface area contributed by atoms with Gasteiger partial charge in [-0.3, -0.25) is 4.79 Å². The van der Waals surface area contributed by atoms with E-state index >= 15 is 0 Å². The van der Waals surface area contributed by atoms with Crippen LogP contribution in [0.5, 0.6) is 0 Å². The molecule has 0 radical (unpaired) electrons. The Kier molecular flexibility index (Phi) is 8.68. The summed E-state index contributed by atoms with van der Waals surface area (Å²) < 4.78 is 19.0. The molecular weight excluding hydrogens is 377 g/mol. The van der Waals surface area contributed by atoms with E-state index in [0.29, 0.717) is 11.8 Å². The molecule has 4 heteroatoms. The molecule has 1 aromatic carbocycles. The van der Waals surface area contributed by atoms with E-state index in [0.717, 1.165) is 64.2 Å². The van der Waals surface area contributed by atoms with Gasteiger partial charge in [0.2, 0.25) is 0 Å². The quantitative estimate of drug-likeness (QED) is 0.289. The second-order valence-electron chi connectivity index (χ2n) is 8.67. The Morgan fingerprint density at radius 2 is 1.73 bits per heavy atom. The smallest absolute Gasteiger partial charge is 0.309 e. The van der Waals surface area contributed by atoms with Gasteiger partial charge in [-0.1, -0.05) is 30.4 Å². The Bertz CT molecular complexity index is 761. The highest BCUT2D eigenvalue weighted by molar-refractivity contribution is 5.72. The molecule has 3 rings (SSSR count). The van der Waals surface area contributed by atoms with Gasteiger partial charge in [-0.25, -0.2) is 4.39 Å². The molecule has 2 saturated carbocycles. The first-order valence-electron chi connectivity index (χ1n) is 11.3. The van der Waals surface area contributed by atoms with Crippen LogP contribution in [-0.4, -0.2) is 12.1 Å². The standard InChI is InChI=1S/C26H32FNO2/c27-24-15-13-22(14-16-24)21-9-11-23(12-10-21)26(29)30-25-17-7-20(8-18-25)6-4-2-1-3-5-19-28/h1-3,5,13-16,20-21,23,25H,4,6-12,17-18H2/b2-1+,5-3?/t20?,21-,23-,25?. The van der Waals surface area contributed by atoms with Crippen LogP contribution in [-0.2, 0) is 9.53 Å². The molecule has 1 aromatic rings. The van der Waals surface area contributed by atoms with E-state index in [1.165, 1.54) is 23.8 Å². The van der Waals surface area contributed by atoms with E-state index in [9.17, 15) is 9.18 Å². The largest absolute Gasteiger partial charge is 0.462 e. The number of nitriles is 1. The number of halogens is 1. The van der Waals surface area contributed by atoms with E-state index in [-0.39, 0.29) is 23.8 Å². The van der Waals surface area contributed by atoms with Gasteiger partial charge in [0.25, 0.3) is 0 Å². The number of allylic oxidation sites excluding steroid dienone is 4. The van der Waals surface area contributed by atoms with Crippen molar-refractivity contribution >= 4 is 5.97 Å². The Balaban J connectivity index is 1.33. The van der Waals surface area contributed by atoms with Crippen molar-refractivity contribution in [2.75, 3.05) is 0 Å². The SMILES string of the molecule is N#CC=C/C=C/CCC1CCC(OC(=O)[C@H]2CC[C@H](c3ccc(F)cc3)CC2)CC1. The van der Waals surface area contributed by atoms with Crippen LogP contribution in [0.25, 0.3) is 0 Å². The van der Waals surface area contributed by atoms with Crippen LogP contribution in [0.4, 0.5) is 4.39 Å². The summed E-state index contributed by atoms with van der Waals surface area (Å²) in [5, 5.41) is 8.45. The lowest BCUT2D eigenvalue weighted by atomic mass is 9.78. The van der Waals surface area contributed by atoms with E-state index in [2.05, 4.69) is 6.08 Å². The van der Waals surface area contributed by atoms with Crippen LogP contribution in [0.2, 0.25) is 0 Å². The summed E-state index contributed by atoms with van der Waals surface area (Å²) >= 11 is 0.